The molecule has 37 heavy (non-hydrogen) atoms. The van der Waals surface area contributed by atoms with Gasteiger partial charge in [0.25, 0.3) is 5.56 Å². The lowest BCUT2D eigenvalue weighted by Crippen LogP contribution is -2.25. The van der Waals surface area contributed by atoms with Crippen molar-refractivity contribution < 1.29 is 21.4 Å². The average molecular weight is 528 g/mol. The molecule has 0 spiro atoms. The highest BCUT2D eigenvalue weighted by Crippen LogP contribution is 2.28. The Labute approximate surface area is 218 Å². The molecule has 0 aromatic carbocycles. The van der Waals surface area contributed by atoms with E-state index < -0.39 is 40.1 Å². The topological polar surface area (TPSA) is 95.1 Å². The van der Waals surface area contributed by atoms with Crippen LogP contribution in [0.4, 0.5) is 8.78 Å². The van der Waals surface area contributed by atoms with Gasteiger partial charge in [-0.05, 0) is 31.9 Å². The van der Waals surface area contributed by atoms with Crippen LogP contribution in [-0.2, 0) is 25.0 Å². The van der Waals surface area contributed by atoms with Gasteiger partial charge in [-0.2, -0.15) is 5.10 Å². The highest BCUT2D eigenvalue weighted by Gasteiger charge is 2.22. The van der Waals surface area contributed by atoms with E-state index >= 15 is 0 Å². The minimum Gasteiger partial charge on any atom is -0.485 e. The number of pyridine rings is 3. The molecule has 11 heteroatoms. The number of rotatable bonds is 5. The molecule has 1 N–H and O–H groups in total. The molecule has 0 atom stereocenters. The standard InChI is InChI=1S/C26H22ClF2N5O3/c1-26(2,36)22-7-8-33(32-22)23-11-20-15(12-31-23)5-3-4-6-17-10-21(24(27)25(35)34(17)20)37-14-19-18(29)9-16(28)13-30-19/h3-4,7-13,36H,5-6,14H2,1-2H3/b4-3-/i14D2. The van der Waals surface area contributed by atoms with E-state index in [2.05, 4.69) is 15.1 Å². The van der Waals surface area contributed by atoms with Crippen molar-refractivity contribution in [2.75, 3.05) is 0 Å². The Morgan fingerprint density at radius 2 is 1.97 bits per heavy atom. The first-order chi connectivity index (χ1) is 18.3. The van der Waals surface area contributed by atoms with Gasteiger partial charge in [-0.1, -0.05) is 23.8 Å². The lowest BCUT2D eigenvalue weighted by molar-refractivity contribution is 0.0734. The molecule has 4 aromatic heterocycles. The largest absolute Gasteiger partial charge is 0.485 e. The van der Waals surface area contributed by atoms with Crippen molar-refractivity contribution in [3.8, 4) is 17.3 Å². The molecule has 0 saturated carbocycles. The van der Waals surface area contributed by atoms with Gasteiger partial charge in [0.05, 0.1) is 20.3 Å². The fourth-order valence-corrected chi connectivity index (χ4v) is 4.02. The van der Waals surface area contributed by atoms with Crippen LogP contribution in [0.5, 0.6) is 5.75 Å². The van der Waals surface area contributed by atoms with Crippen LogP contribution in [0.3, 0.4) is 0 Å². The van der Waals surface area contributed by atoms with Crippen molar-refractivity contribution in [2.45, 2.75) is 38.8 Å². The Morgan fingerprint density at radius 3 is 2.70 bits per heavy atom. The Balaban J connectivity index is 1.61. The average Bonchev–Trinajstić information content (AvgIpc) is 3.35. The normalized spacial score (nSPS) is 15.1. The van der Waals surface area contributed by atoms with Gasteiger partial charge in [0, 0.05) is 42.7 Å². The van der Waals surface area contributed by atoms with Crippen molar-refractivity contribution in [2.24, 2.45) is 0 Å². The summed E-state index contributed by atoms with van der Waals surface area (Å²) >= 11 is 6.38. The van der Waals surface area contributed by atoms with Crippen molar-refractivity contribution in [3.05, 3.63) is 105 Å². The third kappa shape index (κ3) is 4.90. The minimum atomic E-state index is -2.86. The molecule has 0 fully saturated rings. The molecule has 0 aliphatic carbocycles. The zero-order valence-corrected chi connectivity index (χ0v) is 20.5. The Hall–Kier alpha value is -3.89. The SMILES string of the molecule is [2H]C([2H])(Oc1cc2n(c(=O)c1Cl)-c1cc(-n3ccc(C(C)(C)O)n3)ncc1C/C=C\C2)c1ncc(F)cc1F. The van der Waals surface area contributed by atoms with Gasteiger partial charge in [-0.25, -0.2) is 18.4 Å². The number of aromatic nitrogens is 5. The van der Waals surface area contributed by atoms with E-state index in [0.717, 1.165) is 0 Å². The first kappa shape index (κ1) is 22.3. The molecule has 1 aliphatic rings. The number of aliphatic hydroxyl groups is 1. The predicted molar refractivity (Wildman–Crippen MR) is 132 cm³/mol. The van der Waals surface area contributed by atoms with Crippen LogP contribution < -0.4 is 10.3 Å². The fraction of sp³-hybridized carbons (Fsp3) is 0.231. The lowest BCUT2D eigenvalue weighted by Gasteiger charge is -2.20. The maximum atomic E-state index is 14.3. The monoisotopic (exact) mass is 527 g/mol. The summed E-state index contributed by atoms with van der Waals surface area (Å²) in [5.74, 6) is -2.16. The molecule has 8 nitrogen and oxygen atoms in total. The third-order valence-corrected chi connectivity index (χ3v) is 6.08. The number of halogens is 3. The van der Waals surface area contributed by atoms with Gasteiger partial charge in [0.1, 0.15) is 34.4 Å². The molecule has 1 aliphatic heterocycles. The van der Waals surface area contributed by atoms with Gasteiger partial charge in [0.15, 0.2) is 11.6 Å². The van der Waals surface area contributed by atoms with Crippen molar-refractivity contribution in [3.63, 3.8) is 0 Å². The van der Waals surface area contributed by atoms with Gasteiger partial charge in [0.2, 0.25) is 0 Å². The van der Waals surface area contributed by atoms with E-state index in [1.807, 2.05) is 12.2 Å². The molecule has 0 bridgehead atoms. The second kappa shape index (κ2) is 9.53. The second-order valence-corrected chi connectivity index (χ2v) is 9.28. The smallest absolute Gasteiger partial charge is 0.277 e. The first-order valence-electron chi connectivity index (χ1n) is 12.2. The zero-order valence-electron chi connectivity index (χ0n) is 21.7. The summed E-state index contributed by atoms with van der Waals surface area (Å²) in [5.41, 5.74) is -0.614. The molecule has 0 amide bonds. The number of ether oxygens (including phenoxy) is 1. The summed E-state index contributed by atoms with van der Waals surface area (Å²) in [6.07, 6.45) is 8.41. The van der Waals surface area contributed by atoms with Gasteiger partial charge in [-0.3, -0.25) is 14.3 Å². The zero-order chi connectivity index (χ0) is 28.1. The maximum absolute atomic E-state index is 14.3. The third-order valence-electron chi connectivity index (χ3n) is 5.73. The van der Waals surface area contributed by atoms with Crippen molar-refractivity contribution in [1.29, 1.82) is 0 Å². The lowest BCUT2D eigenvalue weighted by atomic mass is 10.1. The molecule has 0 radical (unpaired) electrons. The van der Waals surface area contributed by atoms with E-state index in [1.165, 1.54) is 15.3 Å². The summed E-state index contributed by atoms with van der Waals surface area (Å²) in [4.78, 5) is 21.5. The summed E-state index contributed by atoms with van der Waals surface area (Å²) in [6, 6.07) is 5.20. The van der Waals surface area contributed by atoms with Gasteiger partial charge < -0.3 is 9.84 Å². The molecule has 4 aromatic rings. The Morgan fingerprint density at radius 1 is 1.19 bits per heavy atom. The Bertz CT molecular complexity index is 1680. The number of nitrogens with zero attached hydrogens (tertiary/aromatic N) is 5. The van der Waals surface area contributed by atoms with Crippen molar-refractivity contribution in [1.82, 2.24) is 24.3 Å². The van der Waals surface area contributed by atoms with Crippen LogP contribution in [-0.4, -0.2) is 29.4 Å². The molecule has 5 heterocycles. The number of hydrogen-bond acceptors (Lipinski definition) is 6. The van der Waals surface area contributed by atoms with E-state index in [0.29, 0.717) is 47.1 Å². The van der Waals surface area contributed by atoms with Crippen LogP contribution >= 0.6 is 11.6 Å². The first-order valence-corrected chi connectivity index (χ1v) is 11.6. The van der Waals surface area contributed by atoms with E-state index in [-0.39, 0.29) is 12.2 Å². The van der Waals surface area contributed by atoms with Crippen molar-refractivity contribution >= 4 is 11.6 Å². The predicted octanol–water partition coefficient (Wildman–Crippen LogP) is 4.21. The number of fused-ring (bicyclic) bond motifs is 3. The maximum Gasteiger partial charge on any atom is 0.277 e. The second-order valence-electron chi connectivity index (χ2n) is 8.90. The summed E-state index contributed by atoms with van der Waals surface area (Å²) in [7, 11) is 0. The van der Waals surface area contributed by atoms with Crippen LogP contribution in [0, 0.1) is 11.6 Å². The quantitative estimate of drug-likeness (QED) is 0.391. The summed E-state index contributed by atoms with van der Waals surface area (Å²) in [5, 5.41) is 14.2. The molecular formula is C26H22ClF2N5O3. The molecule has 0 unspecified atom stereocenters. The number of allylic oxidation sites excluding steroid dienone is 2. The summed E-state index contributed by atoms with van der Waals surface area (Å²) < 4.78 is 52.1. The highest BCUT2D eigenvalue weighted by molar-refractivity contribution is 6.31. The van der Waals surface area contributed by atoms with E-state index in [9.17, 15) is 18.7 Å². The molecule has 190 valence electrons. The molecular weight excluding hydrogens is 504 g/mol. The minimum absolute atomic E-state index is 0.274. The fourth-order valence-electron chi connectivity index (χ4n) is 3.84. The van der Waals surface area contributed by atoms with Crippen LogP contribution in [0.15, 0.2) is 59.8 Å². The van der Waals surface area contributed by atoms with E-state index in [4.69, 9.17) is 19.1 Å². The Kier molecular flexibility index (Phi) is 5.75. The van der Waals surface area contributed by atoms with Crippen LogP contribution in [0.1, 0.15) is 39.2 Å². The van der Waals surface area contributed by atoms with Gasteiger partial charge >= 0.3 is 0 Å². The molecule has 0 saturated heterocycles. The molecule has 5 rings (SSSR count). The number of hydrogen-bond donors (Lipinski definition) is 1. The van der Waals surface area contributed by atoms with Crippen LogP contribution in [0.25, 0.3) is 11.5 Å². The highest BCUT2D eigenvalue weighted by atomic mass is 35.5. The van der Waals surface area contributed by atoms with Crippen LogP contribution in [0.2, 0.25) is 5.02 Å². The van der Waals surface area contributed by atoms with Gasteiger partial charge in [-0.15, -0.1) is 0 Å². The van der Waals surface area contributed by atoms with E-state index in [1.54, 1.807) is 38.4 Å². The summed E-state index contributed by atoms with van der Waals surface area (Å²) in [6.45, 7) is 0.359.